The van der Waals surface area contributed by atoms with Crippen molar-refractivity contribution in [2.24, 2.45) is 7.05 Å². The van der Waals surface area contributed by atoms with E-state index in [2.05, 4.69) is 108 Å². The largest absolute Gasteiger partial charge is 0.309 e. The van der Waals surface area contributed by atoms with E-state index in [1.165, 1.54) is 60.3 Å². The summed E-state index contributed by atoms with van der Waals surface area (Å²) in [5.41, 5.74) is 10.5. The monoisotopic (exact) mass is 436 g/mol. The molecule has 3 heteroatoms. The topological polar surface area (TPSA) is 12.7 Å². The van der Waals surface area contributed by atoms with Gasteiger partial charge in [-0.3, -0.25) is 0 Å². The number of benzene rings is 4. The maximum absolute atomic E-state index is 7.72. The molecule has 0 N–H and O–H groups in total. The van der Waals surface area contributed by atoms with Crippen LogP contribution in [0.15, 0.2) is 79.0 Å². The predicted octanol–water partition coefficient (Wildman–Crippen LogP) is 7.65. The molecular formula is C31H22N3+. The summed E-state index contributed by atoms with van der Waals surface area (Å²) in [5.74, 6) is 0. The average molecular weight is 437 g/mol. The predicted molar refractivity (Wildman–Crippen MR) is 141 cm³/mol. The second kappa shape index (κ2) is 6.56. The summed E-state index contributed by atoms with van der Waals surface area (Å²) in [6, 6.07) is 25.9. The van der Waals surface area contributed by atoms with Gasteiger partial charge in [0.15, 0.2) is 11.9 Å². The molecule has 3 nitrogen and oxygen atoms in total. The van der Waals surface area contributed by atoms with Gasteiger partial charge in [-0.05, 0) is 71.8 Å². The molecule has 34 heavy (non-hydrogen) atoms. The van der Waals surface area contributed by atoms with Crippen LogP contribution < -0.4 is 4.57 Å². The van der Waals surface area contributed by atoms with Gasteiger partial charge in [0, 0.05) is 16.8 Å². The summed E-state index contributed by atoms with van der Waals surface area (Å²) in [6.07, 6.45) is 2.12. The molecule has 0 bridgehead atoms. The highest BCUT2D eigenvalue weighted by molar-refractivity contribution is 6.26. The van der Waals surface area contributed by atoms with E-state index in [1.807, 2.05) is 6.07 Å². The summed E-state index contributed by atoms with van der Waals surface area (Å²) >= 11 is 0. The molecule has 0 saturated carbocycles. The van der Waals surface area contributed by atoms with E-state index in [-0.39, 0.29) is 0 Å². The Bertz CT molecular complexity index is 1990. The van der Waals surface area contributed by atoms with Gasteiger partial charge in [-0.2, -0.15) is 0 Å². The molecule has 4 aromatic carbocycles. The number of nitrogens with zero attached hydrogens (tertiary/aromatic N) is 3. The van der Waals surface area contributed by atoms with Crippen LogP contribution in [-0.2, 0) is 7.05 Å². The quantitative estimate of drug-likeness (QED) is 0.108. The Kier molecular flexibility index (Phi) is 3.68. The molecule has 0 saturated heterocycles. The van der Waals surface area contributed by atoms with Crippen LogP contribution >= 0.6 is 0 Å². The Morgan fingerprint density at radius 1 is 0.794 bits per heavy atom. The van der Waals surface area contributed by atoms with Gasteiger partial charge in [-0.15, -0.1) is 0 Å². The zero-order valence-electron chi connectivity index (χ0n) is 19.3. The highest BCUT2D eigenvalue weighted by Gasteiger charge is 2.25. The number of pyridine rings is 2. The lowest BCUT2D eigenvalue weighted by Gasteiger charge is -2.14. The van der Waals surface area contributed by atoms with E-state index >= 15 is 0 Å². The molecule has 0 aliphatic rings. The van der Waals surface area contributed by atoms with E-state index in [4.69, 9.17) is 6.57 Å². The summed E-state index contributed by atoms with van der Waals surface area (Å²) in [5, 5.41) is 6.13. The molecule has 0 amide bonds. The SMILES string of the molecule is [C-]#[N+]c1cc2cc[n+](C)c3c4c(C)c(C)cc5c6cc(-c7ccccc7)ccc6n(c(c1)c23)c54. The summed E-state index contributed by atoms with van der Waals surface area (Å²) in [7, 11) is 2.13. The van der Waals surface area contributed by atoms with Crippen LogP contribution in [-0.4, -0.2) is 4.40 Å². The highest BCUT2D eigenvalue weighted by Crippen LogP contribution is 2.43. The van der Waals surface area contributed by atoms with Gasteiger partial charge in [-0.25, -0.2) is 9.41 Å². The van der Waals surface area contributed by atoms with E-state index in [0.29, 0.717) is 5.69 Å². The van der Waals surface area contributed by atoms with Crippen LogP contribution in [0.4, 0.5) is 5.69 Å². The maximum Gasteiger partial charge on any atom is 0.224 e. The van der Waals surface area contributed by atoms with Crippen molar-refractivity contribution in [2.75, 3.05) is 0 Å². The van der Waals surface area contributed by atoms with Crippen LogP contribution in [0.3, 0.4) is 0 Å². The Morgan fingerprint density at radius 3 is 2.41 bits per heavy atom. The zero-order chi connectivity index (χ0) is 23.1. The molecule has 3 heterocycles. The molecular weight excluding hydrogens is 414 g/mol. The van der Waals surface area contributed by atoms with Crippen molar-refractivity contribution in [1.82, 2.24) is 4.40 Å². The average Bonchev–Trinajstić information content (AvgIpc) is 3.19. The molecule has 160 valence electrons. The van der Waals surface area contributed by atoms with Gasteiger partial charge < -0.3 is 4.40 Å². The van der Waals surface area contributed by atoms with Crippen LogP contribution in [0.5, 0.6) is 0 Å². The standard InChI is InChI=1S/C31H22N3/c1-18-14-25-24-16-21(20-8-6-5-7-9-20)10-11-26(24)34-27-17-23(32-3)15-22-12-13-33(4)31(29(22)27)28(19(18)2)30(25)34/h5-17H,1-2,4H3/q+1. The number of aromatic nitrogens is 2. The first-order valence-electron chi connectivity index (χ1n) is 11.5. The number of rotatable bonds is 1. The molecule has 7 rings (SSSR count). The number of fused-ring (bicyclic) bond motifs is 5. The third kappa shape index (κ3) is 2.32. The number of aryl methyl sites for hydroxylation is 3. The zero-order valence-corrected chi connectivity index (χ0v) is 19.3. The second-order valence-electron chi connectivity index (χ2n) is 9.34. The van der Waals surface area contributed by atoms with Crippen LogP contribution in [0.25, 0.3) is 65.0 Å². The molecule has 0 aliphatic carbocycles. The second-order valence-corrected chi connectivity index (χ2v) is 9.34. The van der Waals surface area contributed by atoms with Crippen molar-refractivity contribution >= 4 is 54.7 Å². The minimum Gasteiger partial charge on any atom is -0.309 e. The van der Waals surface area contributed by atoms with Crippen LogP contribution in [0, 0.1) is 20.4 Å². The molecule has 0 atom stereocenters. The third-order valence-corrected chi connectivity index (χ3v) is 7.48. The molecule has 3 aromatic heterocycles. The van der Waals surface area contributed by atoms with Gasteiger partial charge in [0.05, 0.1) is 33.9 Å². The summed E-state index contributed by atoms with van der Waals surface area (Å²) in [4.78, 5) is 3.81. The fourth-order valence-corrected chi connectivity index (χ4v) is 5.77. The van der Waals surface area contributed by atoms with Gasteiger partial charge in [0.2, 0.25) is 5.52 Å². The first-order valence-corrected chi connectivity index (χ1v) is 11.5. The number of hydrogen-bond acceptors (Lipinski definition) is 0. The minimum atomic E-state index is 0.672. The van der Waals surface area contributed by atoms with Crippen molar-refractivity contribution in [1.29, 1.82) is 0 Å². The van der Waals surface area contributed by atoms with Gasteiger partial charge >= 0.3 is 0 Å². The van der Waals surface area contributed by atoms with Gasteiger partial charge in [-0.1, -0.05) is 36.4 Å². The first-order chi connectivity index (χ1) is 16.6. The summed E-state index contributed by atoms with van der Waals surface area (Å²) in [6.45, 7) is 12.2. The van der Waals surface area contributed by atoms with Crippen molar-refractivity contribution in [3.63, 3.8) is 0 Å². The Balaban J connectivity index is 1.81. The fraction of sp³-hybridized carbons (Fsp3) is 0.0968. The summed E-state index contributed by atoms with van der Waals surface area (Å²) < 4.78 is 4.63. The molecule has 0 fully saturated rings. The highest BCUT2D eigenvalue weighted by atomic mass is 15.0. The lowest BCUT2D eigenvalue weighted by molar-refractivity contribution is -0.643. The van der Waals surface area contributed by atoms with E-state index < -0.39 is 0 Å². The smallest absolute Gasteiger partial charge is 0.224 e. The van der Waals surface area contributed by atoms with Crippen molar-refractivity contribution in [2.45, 2.75) is 13.8 Å². The van der Waals surface area contributed by atoms with Gasteiger partial charge in [0.25, 0.3) is 0 Å². The molecule has 7 aromatic rings. The van der Waals surface area contributed by atoms with Crippen molar-refractivity contribution in [3.05, 3.63) is 102 Å². The fourth-order valence-electron chi connectivity index (χ4n) is 5.77. The molecule has 0 spiro atoms. The Labute approximate surface area is 197 Å². The first kappa shape index (κ1) is 19.1. The van der Waals surface area contributed by atoms with E-state index in [1.54, 1.807) is 0 Å². The lowest BCUT2D eigenvalue weighted by Crippen LogP contribution is -2.29. The third-order valence-electron chi connectivity index (χ3n) is 7.48. The van der Waals surface area contributed by atoms with E-state index in [9.17, 15) is 0 Å². The minimum absolute atomic E-state index is 0.672. The maximum atomic E-state index is 7.72. The molecule has 0 aliphatic heterocycles. The van der Waals surface area contributed by atoms with Crippen LogP contribution in [0.1, 0.15) is 11.1 Å². The number of hydrogen-bond donors (Lipinski definition) is 0. The Morgan fingerprint density at radius 2 is 1.62 bits per heavy atom. The molecule has 0 radical (unpaired) electrons. The van der Waals surface area contributed by atoms with Crippen molar-refractivity contribution < 1.29 is 4.57 Å². The molecule has 0 unspecified atom stereocenters. The van der Waals surface area contributed by atoms with E-state index in [0.717, 1.165) is 10.9 Å². The van der Waals surface area contributed by atoms with Gasteiger partial charge in [0.1, 0.15) is 7.05 Å². The lowest BCUT2D eigenvalue weighted by atomic mass is 9.96. The Hall–Kier alpha value is -4.42. The van der Waals surface area contributed by atoms with Crippen LogP contribution in [0.2, 0.25) is 0 Å². The van der Waals surface area contributed by atoms with Crippen molar-refractivity contribution in [3.8, 4) is 11.1 Å². The normalized spacial score (nSPS) is 11.9.